The minimum atomic E-state index is -0.345. The fourth-order valence-electron chi connectivity index (χ4n) is 1.93. The molecular formula is C17H18N2O3. The number of esters is 1. The van der Waals surface area contributed by atoms with Crippen LogP contribution in [0.5, 0.6) is 0 Å². The fraction of sp³-hybridized carbons (Fsp3) is 0.235. The Labute approximate surface area is 129 Å². The number of nitrogens with one attached hydrogen (secondary N) is 1. The fourth-order valence-corrected chi connectivity index (χ4v) is 1.93. The minimum Gasteiger partial charge on any atom is -0.462 e. The number of ether oxygens (including phenoxy) is 1. The molecule has 2 aromatic rings. The van der Waals surface area contributed by atoms with E-state index in [1.165, 1.54) is 0 Å². The van der Waals surface area contributed by atoms with Gasteiger partial charge in [0.15, 0.2) is 5.78 Å². The molecule has 1 heterocycles. The first-order valence-corrected chi connectivity index (χ1v) is 7.10. The number of rotatable bonds is 7. The molecule has 1 N–H and O–H groups in total. The lowest BCUT2D eigenvalue weighted by Crippen LogP contribution is -2.16. The first-order chi connectivity index (χ1) is 10.7. The lowest BCUT2D eigenvalue weighted by atomic mass is 10.1. The largest absolute Gasteiger partial charge is 0.462 e. The number of aromatic nitrogens is 1. The first kappa shape index (κ1) is 15.7. The van der Waals surface area contributed by atoms with Gasteiger partial charge in [-0.15, -0.1) is 0 Å². The minimum absolute atomic E-state index is 0.0840. The molecule has 0 saturated carbocycles. The average Bonchev–Trinajstić information content (AvgIpc) is 2.54. The predicted octanol–water partition coefficient (Wildman–Crippen LogP) is 2.48. The molecule has 5 nitrogen and oxygen atoms in total. The van der Waals surface area contributed by atoms with E-state index in [4.69, 9.17) is 4.74 Å². The average molecular weight is 298 g/mol. The Morgan fingerprint density at radius 2 is 1.77 bits per heavy atom. The smallest absolute Gasteiger partial charge is 0.338 e. The van der Waals surface area contributed by atoms with Crippen LogP contribution in [0.2, 0.25) is 0 Å². The van der Waals surface area contributed by atoms with Crippen molar-refractivity contribution >= 4 is 17.4 Å². The highest BCUT2D eigenvalue weighted by molar-refractivity contribution is 5.90. The zero-order valence-electron chi connectivity index (χ0n) is 12.4. The maximum absolute atomic E-state index is 11.9. The standard InChI is InChI=1S/C17H18N2O3/c1-2-22-17(21)14-3-5-15(6-4-14)19-12-16(20)11-13-7-9-18-10-8-13/h3-10,19H,2,11-12H2,1H3. The lowest BCUT2D eigenvalue weighted by molar-refractivity contribution is -0.116. The number of benzene rings is 1. The molecule has 0 fully saturated rings. The van der Waals surface area contributed by atoms with E-state index in [1.807, 2.05) is 12.1 Å². The van der Waals surface area contributed by atoms with Crippen LogP contribution in [-0.4, -0.2) is 29.9 Å². The number of hydrogen-bond donors (Lipinski definition) is 1. The van der Waals surface area contributed by atoms with E-state index in [1.54, 1.807) is 43.6 Å². The molecule has 0 aliphatic heterocycles. The Balaban J connectivity index is 1.84. The molecule has 0 spiro atoms. The van der Waals surface area contributed by atoms with Crippen LogP contribution in [0.15, 0.2) is 48.8 Å². The topological polar surface area (TPSA) is 68.3 Å². The summed E-state index contributed by atoms with van der Waals surface area (Å²) < 4.78 is 4.91. The summed E-state index contributed by atoms with van der Waals surface area (Å²) in [5.41, 5.74) is 2.23. The van der Waals surface area contributed by atoms with E-state index in [0.29, 0.717) is 18.6 Å². The summed E-state index contributed by atoms with van der Waals surface area (Å²) in [6, 6.07) is 10.5. The van der Waals surface area contributed by atoms with Crippen molar-refractivity contribution in [1.29, 1.82) is 0 Å². The third-order valence-electron chi connectivity index (χ3n) is 3.04. The normalized spacial score (nSPS) is 10.0. The summed E-state index contributed by atoms with van der Waals surface area (Å²) in [4.78, 5) is 27.3. The Hall–Kier alpha value is -2.69. The number of hydrogen-bond acceptors (Lipinski definition) is 5. The molecule has 0 aliphatic carbocycles. The summed E-state index contributed by atoms with van der Waals surface area (Å²) >= 11 is 0. The molecule has 0 amide bonds. The highest BCUT2D eigenvalue weighted by Crippen LogP contribution is 2.10. The van der Waals surface area contributed by atoms with Gasteiger partial charge in [-0.2, -0.15) is 0 Å². The van der Waals surface area contributed by atoms with Gasteiger partial charge in [-0.1, -0.05) is 0 Å². The molecule has 114 valence electrons. The van der Waals surface area contributed by atoms with Crippen molar-refractivity contribution in [2.45, 2.75) is 13.3 Å². The number of carbonyl (C=O) groups excluding carboxylic acids is 2. The van der Waals surface area contributed by atoms with Gasteiger partial charge in [0.1, 0.15) is 0 Å². The Morgan fingerprint density at radius 3 is 2.41 bits per heavy atom. The number of anilines is 1. The monoisotopic (exact) mass is 298 g/mol. The second kappa shape index (κ2) is 7.93. The predicted molar refractivity (Wildman–Crippen MR) is 83.8 cm³/mol. The first-order valence-electron chi connectivity index (χ1n) is 7.10. The van der Waals surface area contributed by atoms with Crippen LogP contribution in [0.3, 0.4) is 0 Å². The molecule has 0 aliphatic rings. The van der Waals surface area contributed by atoms with Gasteiger partial charge in [0, 0.05) is 24.5 Å². The molecule has 5 heteroatoms. The molecular weight excluding hydrogens is 280 g/mol. The molecule has 1 aromatic carbocycles. The van der Waals surface area contributed by atoms with Gasteiger partial charge in [-0.3, -0.25) is 9.78 Å². The molecule has 0 unspecified atom stereocenters. The van der Waals surface area contributed by atoms with E-state index in [2.05, 4.69) is 10.3 Å². The summed E-state index contributed by atoms with van der Waals surface area (Å²) in [7, 11) is 0. The van der Waals surface area contributed by atoms with E-state index in [9.17, 15) is 9.59 Å². The van der Waals surface area contributed by atoms with Gasteiger partial charge in [0.05, 0.1) is 18.7 Å². The number of carbonyl (C=O) groups is 2. The molecule has 2 rings (SSSR count). The van der Waals surface area contributed by atoms with Crippen molar-refractivity contribution in [3.05, 3.63) is 59.9 Å². The van der Waals surface area contributed by atoms with Gasteiger partial charge in [-0.05, 0) is 48.9 Å². The maximum atomic E-state index is 11.9. The van der Waals surface area contributed by atoms with E-state index >= 15 is 0 Å². The molecule has 22 heavy (non-hydrogen) atoms. The van der Waals surface area contributed by atoms with Crippen molar-refractivity contribution < 1.29 is 14.3 Å². The molecule has 1 aromatic heterocycles. The Kier molecular flexibility index (Phi) is 5.65. The Bertz CT molecular complexity index is 624. The maximum Gasteiger partial charge on any atom is 0.338 e. The van der Waals surface area contributed by atoms with Crippen LogP contribution in [0.25, 0.3) is 0 Å². The second-order valence-electron chi connectivity index (χ2n) is 4.72. The molecule has 0 bridgehead atoms. The SMILES string of the molecule is CCOC(=O)c1ccc(NCC(=O)Cc2ccncc2)cc1. The van der Waals surface area contributed by atoms with Crippen LogP contribution in [0.4, 0.5) is 5.69 Å². The molecule has 0 saturated heterocycles. The van der Waals surface area contributed by atoms with Crippen molar-refractivity contribution in [3.63, 3.8) is 0 Å². The third kappa shape index (κ3) is 4.70. The van der Waals surface area contributed by atoms with Gasteiger partial charge in [0.25, 0.3) is 0 Å². The summed E-state index contributed by atoms with van der Waals surface area (Å²) in [6.45, 7) is 2.35. The van der Waals surface area contributed by atoms with Crippen molar-refractivity contribution in [2.24, 2.45) is 0 Å². The van der Waals surface area contributed by atoms with Crippen molar-refractivity contribution in [1.82, 2.24) is 4.98 Å². The van der Waals surface area contributed by atoms with E-state index in [-0.39, 0.29) is 18.3 Å². The van der Waals surface area contributed by atoms with Crippen LogP contribution >= 0.6 is 0 Å². The van der Waals surface area contributed by atoms with Gasteiger partial charge < -0.3 is 10.1 Å². The van der Waals surface area contributed by atoms with Crippen LogP contribution < -0.4 is 5.32 Å². The van der Waals surface area contributed by atoms with E-state index in [0.717, 1.165) is 11.3 Å². The zero-order chi connectivity index (χ0) is 15.8. The second-order valence-corrected chi connectivity index (χ2v) is 4.72. The lowest BCUT2D eigenvalue weighted by Gasteiger charge is -2.07. The Morgan fingerprint density at radius 1 is 1.09 bits per heavy atom. The third-order valence-corrected chi connectivity index (χ3v) is 3.04. The van der Waals surface area contributed by atoms with Gasteiger partial charge in [-0.25, -0.2) is 4.79 Å². The van der Waals surface area contributed by atoms with Crippen molar-refractivity contribution in [2.75, 3.05) is 18.5 Å². The van der Waals surface area contributed by atoms with Crippen LogP contribution in [0.1, 0.15) is 22.8 Å². The molecule has 0 radical (unpaired) electrons. The number of nitrogens with zero attached hydrogens (tertiary/aromatic N) is 1. The van der Waals surface area contributed by atoms with Gasteiger partial charge >= 0.3 is 5.97 Å². The van der Waals surface area contributed by atoms with Gasteiger partial charge in [0.2, 0.25) is 0 Å². The highest BCUT2D eigenvalue weighted by atomic mass is 16.5. The summed E-state index contributed by atoms with van der Waals surface area (Å²) in [5, 5.41) is 3.05. The summed E-state index contributed by atoms with van der Waals surface area (Å²) in [5.74, 6) is -0.261. The number of ketones is 1. The quantitative estimate of drug-likeness (QED) is 0.795. The molecule has 0 atom stereocenters. The van der Waals surface area contributed by atoms with Crippen LogP contribution in [-0.2, 0) is 16.0 Å². The van der Waals surface area contributed by atoms with Crippen LogP contribution in [0, 0.1) is 0 Å². The number of Topliss-reactive ketones (excluding diaryl/α,β-unsaturated/α-hetero) is 1. The highest BCUT2D eigenvalue weighted by Gasteiger charge is 2.07. The van der Waals surface area contributed by atoms with Crippen molar-refractivity contribution in [3.8, 4) is 0 Å². The zero-order valence-corrected chi connectivity index (χ0v) is 12.4. The van der Waals surface area contributed by atoms with E-state index < -0.39 is 0 Å². The summed E-state index contributed by atoms with van der Waals surface area (Å²) in [6.07, 6.45) is 3.71. The number of pyridine rings is 1.